The summed E-state index contributed by atoms with van der Waals surface area (Å²) < 4.78 is 63.7. The van der Waals surface area contributed by atoms with Crippen LogP contribution in [0.1, 0.15) is 67.4 Å². The summed E-state index contributed by atoms with van der Waals surface area (Å²) in [5, 5.41) is 3.14. The quantitative estimate of drug-likeness (QED) is 0.156. The molecule has 0 saturated heterocycles. The predicted molar refractivity (Wildman–Crippen MR) is 150 cm³/mol. The lowest BCUT2D eigenvalue weighted by Crippen LogP contribution is -2.41. The van der Waals surface area contributed by atoms with Gasteiger partial charge in [0, 0.05) is 6.07 Å². The van der Waals surface area contributed by atoms with Crippen molar-refractivity contribution in [2.24, 2.45) is 5.92 Å². The Hall–Kier alpha value is -3.99. The van der Waals surface area contributed by atoms with E-state index in [-0.39, 0.29) is 36.5 Å². The summed E-state index contributed by atoms with van der Waals surface area (Å²) in [5.41, 5.74) is 2.90. The molecule has 2 aromatic carbocycles. The molecule has 1 heterocycles. The van der Waals surface area contributed by atoms with Crippen LogP contribution in [-0.4, -0.2) is 35.4 Å². The van der Waals surface area contributed by atoms with Crippen LogP contribution in [0.3, 0.4) is 0 Å². The molecule has 1 fully saturated rings. The minimum absolute atomic E-state index is 0.0771. The van der Waals surface area contributed by atoms with Gasteiger partial charge < -0.3 is 20.8 Å². The van der Waals surface area contributed by atoms with Gasteiger partial charge in [0.05, 0.1) is 22.3 Å². The Balaban J connectivity index is 1.53. The first-order valence-corrected chi connectivity index (χ1v) is 13.9. The van der Waals surface area contributed by atoms with Crippen LogP contribution in [0.4, 0.5) is 23.4 Å². The number of pyridine rings is 1. The molecule has 1 aliphatic rings. The van der Waals surface area contributed by atoms with Gasteiger partial charge in [0.25, 0.3) is 5.56 Å². The number of carbonyl (C=O) groups excluding carboxylic acids is 2. The van der Waals surface area contributed by atoms with E-state index < -0.39 is 68.7 Å². The van der Waals surface area contributed by atoms with Crippen molar-refractivity contribution in [3.8, 4) is 11.1 Å². The molecular weight excluding hydrogens is 554 g/mol. The Morgan fingerprint density at radius 3 is 2.29 bits per heavy atom. The standard InChI is InChI=1S/C31H33F4N3O4/c1-16(2)11-26(31(41)42-19-5-3-4-6-19)37-10-9-17-12-24(34)27(25(35)13-17)21-15-22(29(36)38-30(21)40)28(39)20-8-7-18(32)14-23(20)33/h7-8,12-16,19,26,37H,3-6,9-11H2,1-2H3,(H3,36,38,40)/t26-/m1/s1. The van der Waals surface area contributed by atoms with Crippen molar-refractivity contribution in [1.29, 1.82) is 0 Å². The van der Waals surface area contributed by atoms with Crippen molar-refractivity contribution in [2.75, 3.05) is 12.3 Å². The number of benzene rings is 2. The third kappa shape index (κ3) is 7.25. The summed E-state index contributed by atoms with van der Waals surface area (Å²) in [6.45, 7) is 4.20. The number of hydrogen-bond acceptors (Lipinski definition) is 6. The molecule has 4 rings (SSSR count). The molecule has 1 aromatic heterocycles. The summed E-state index contributed by atoms with van der Waals surface area (Å²) in [6, 6.07) is 4.73. The number of hydrogen-bond donors (Lipinski definition) is 3. The number of H-pyrrole nitrogens is 1. The summed E-state index contributed by atoms with van der Waals surface area (Å²) in [5.74, 6) is -5.77. The fourth-order valence-corrected chi connectivity index (χ4v) is 5.14. The van der Waals surface area contributed by atoms with Crippen LogP contribution in [0, 0.1) is 29.2 Å². The number of nitrogen functional groups attached to an aromatic ring is 1. The van der Waals surface area contributed by atoms with Crippen LogP contribution in [0.15, 0.2) is 41.2 Å². The van der Waals surface area contributed by atoms with Crippen molar-refractivity contribution in [3.63, 3.8) is 0 Å². The number of aromatic nitrogens is 1. The molecule has 3 aromatic rings. The van der Waals surface area contributed by atoms with Gasteiger partial charge in [-0.05, 0) is 86.9 Å². The number of anilines is 1. The SMILES string of the molecule is CC(C)C[C@@H](NCCc1cc(F)c(-c2cc(C(=O)c3ccc(F)cc3F)c(N)[nH]c2=O)c(F)c1)C(=O)OC1CCCC1. The topological polar surface area (TPSA) is 114 Å². The zero-order valence-electron chi connectivity index (χ0n) is 23.4. The molecule has 0 unspecified atom stereocenters. The van der Waals surface area contributed by atoms with Crippen LogP contribution < -0.4 is 16.6 Å². The van der Waals surface area contributed by atoms with Gasteiger partial charge in [0.15, 0.2) is 5.78 Å². The lowest BCUT2D eigenvalue weighted by atomic mass is 9.97. The van der Waals surface area contributed by atoms with Crippen molar-refractivity contribution in [1.82, 2.24) is 10.3 Å². The molecule has 0 radical (unpaired) electrons. The van der Waals surface area contributed by atoms with E-state index in [4.69, 9.17) is 10.5 Å². The normalized spacial score (nSPS) is 14.4. The van der Waals surface area contributed by atoms with Gasteiger partial charge in [-0.3, -0.25) is 14.4 Å². The largest absolute Gasteiger partial charge is 0.461 e. The maximum atomic E-state index is 15.2. The molecule has 11 heteroatoms. The summed E-state index contributed by atoms with van der Waals surface area (Å²) in [7, 11) is 0. The second-order valence-corrected chi connectivity index (χ2v) is 11.0. The van der Waals surface area contributed by atoms with Crippen LogP contribution in [0.2, 0.25) is 0 Å². The van der Waals surface area contributed by atoms with Gasteiger partial charge in [0.1, 0.15) is 41.2 Å². The fourth-order valence-electron chi connectivity index (χ4n) is 5.14. The van der Waals surface area contributed by atoms with E-state index in [1.54, 1.807) is 0 Å². The van der Waals surface area contributed by atoms with Crippen molar-refractivity contribution in [3.05, 3.63) is 86.7 Å². The molecule has 0 bridgehead atoms. The Morgan fingerprint density at radius 2 is 1.67 bits per heavy atom. The van der Waals surface area contributed by atoms with E-state index in [0.29, 0.717) is 12.5 Å². The van der Waals surface area contributed by atoms with Crippen LogP contribution in [-0.2, 0) is 16.0 Å². The van der Waals surface area contributed by atoms with Gasteiger partial charge in [-0.25, -0.2) is 17.6 Å². The van der Waals surface area contributed by atoms with Gasteiger partial charge >= 0.3 is 5.97 Å². The summed E-state index contributed by atoms with van der Waals surface area (Å²) in [6.07, 6.45) is 4.38. The number of esters is 1. The first-order chi connectivity index (χ1) is 19.9. The van der Waals surface area contributed by atoms with E-state index in [9.17, 15) is 23.2 Å². The van der Waals surface area contributed by atoms with E-state index in [1.807, 2.05) is 13.8 Å². The minimum Gasteiger partial charge on any atom is -0.461 e. The second-order valence-electron chi connectivity index (χ2n) is 11.0. The average molecular weight is 588 g/mol. The molecule has 4 N–H and O–H groups in total. The van der Waals surface area contributed by atoms with E-state index in [0.717, 1.165) is 56.0 Å². The zero-order valence-corrected chi connectivity index (χ0v) is 23.4. The highest BCUT2D eigenvalue weighted by Gasteiger charge is 2.26. The number of nitrogens with one attached hydrogen (secondary N) is 2. The number of aromatic amines is 1. The molecule has 0 spiro atoms. The molecule has 7 nitrogen and oxygen atoms in total. The van der Waals surface area contributed by atoms with E-state index in [2.05, 4.69) is 10.3 Å². The molecule has 1 saturated carbocycles. The molecule has 0 amide bonds. The van der Waals surface area contributed by atoms with Crippen LogP contribution in [0.25, 0.3) is 11.1 Å². The first-order valence-electron chi connectivity index (χ1n) is 13.9. The fraction of sp³-hybridized carbons (Fsp3) is 0.387. The molecule has 0 aliphatic heterocycles. The third-order valence-corrected chi connectivity index (χ3v) is 7.24. The number of rotatable bonds is 11. The molecule has 224 valence electrons. The highest BCUT2D eigenvalue weighted by atomic mass is 19.1. The Kier molecular flexibility index (Phi) is 9.82. The second kappa shape index (κ2) is 13.3. The van der Waals surface area contributed by atoms with Crippen molar-refractivity contribution < 1.29 is 31.9 Å². The number of ketones is 1. The van der Waals surface area contributed by atoms with E-state index in [1.165, 1.54) is 0 Å². The van der Waals surface area contributed by atoms with Crippen molar-refractivity contribution in [2.45, 2.75) is 64.5 Å². The number of halogens is 4. The lowest BCUT2D eigenvalue weighted by molar-refractivity contribution is -0.151. The Morgan fingerprint density at radius 1 is 1.00 bits per heavy atom. The molecule has 1 atom stereocenters. The van der Waals surface area contributed by atoms with Gasteiger partial charge in [-0.1, -0.05) is 13.8 Å². The number of carbonyl (C=O) groups is 2. The number of nitrogens with two attached hydrogens (primary N) is 1. The monoisotopic (exact) mass is 587 g/mol. The summed E-state index contributed by atoms with van der Waals surface area (Å²) in [4.78, 5) is 40.4. The van der Waals surface area contributed by atoms with Gasteiger partial charge in [0.2, 0.25) is 0 Å². The Bertz CT molecular complexity index is 1510. The lowest BCUT2D eigenvalue weighted by Gasteiger charge is -2.22. The molecule has 42 heavy (non-hydrogen) atoms. The van der Waals surface area contributed by atoms with Crippen LogP contribution >= 0.6 is 0 Å². The smallest absolute Gasteiger partial charge is 0.323 e. The maximum Gasteiger partial charge on any atom is 0.323 e. The van der Waals surface area contributed by atoms with Crippen LogP contribution in [0.5, 0.6) is 0 Å². The molecule has 1 aliphatic carbocycles. The third-order valence-electron chi connectivity index (χ3n) is 7.24. The van der Waals surface area contributed by atoms with Gasteiger partial charge in [-0.2, -0.15) is 0 Å². The zero-order chi connectivity index (χ0) is 30.6. The highest BCUT2D eigenvalue weighted by molar-refractivity contribution is 6.12. The number of ether oxygens (including phenoxy) is 1. The van der Waals surface area contributed by atoms with E-state index >= 15 is 8.78 Å². The predicted octanol–water partition coefficient (Wildman–Crippen LogP) is 5.44. The highest BCUT2D eigenvalue weighted by Crippen LogP contribution is 2.28. The average Bonchev–Trinajstić information content (AvgIpc) is 3.41. The minimum atomic E-state index is -1.16. The molecular formula is C31H33F4N3O4. The van der Waals surface area contributed by atoms with Crippen molar-refractivity contribution >= 4 is 17.6 Å². The Labute approximate surface area is 240 Å². The van der Waals surface area contributed by atoms with Gasteiger partial charge in [-0.15, -0.1) is 0 Å². The first kappa shape index (κ1) is 31.0. The maximum absolute atomic E-state index is 15.2. The summed E-state index contributed by atoms with van der Waals surface area (Å²) >= 11 is 0.